The van der Waals surface area contributed by atoms with E-state index in [1.54, 1.807) is 0 Å². The molecular formula is C17H20ClN3O3. The van der Waals surface area contributed by atoms with Gasteiger partial charge in [0, 0.05) is 22.8 Å². The monoisotopic (exact) mass is 349 g/mol. The average molecular weight is 350 g/mol. The van der Waals surface area contributed by atoms with Crippen LogP contribution in [0.15, 0.2) is 34.0 Å². The Labute approximate surface area is 144 Å². The van der Waals surface area contributed by atoms with Crippen molar-refractivity contribution in [2.75, 3.05) is 13.1 Å². The second-order valence-corrected chi connectivity index (χ2v) is 6.45. The lowest BCUT2D eigenvalue weighted by molar-refractivity contribution is 0.159. The predicted molar refractivity (Wildman–Crippen MR) is 93.1 cm³/mol. The first-order valence-electron chi connectivity index (χ1n) is 7.99. The average Bonchev–Trinajstić information content (AvgIpc) is 2.54. The molecule has 0 unspecified atom stereocenters. The van der Waals surface area contributed by atoms with Crippen molar-refractivity contribution in [2.45, 2.75) is 32.4 Å². The topological polar surface area (TPSA) is 76.1 Å². The Morgan fingerprint density at radius 1 is 1.29 bits per heavy atom. The molecule has 1 saturated heterocycles. The van der Waals surface area contributed by atoms with Crippen LogP contribution in [0.4, 0.5) is 0 Å². The van der Waals surface area contributed by atoms with Crippen LogP contribution in [0.1, 0.15) is 24.0 Å². The Morgan fingerprint density at radius 3 is 2.75 bits per heavy atom. The lowest BCUT2D eigenvalue weighted by atomic mass is 10.1. The maximum Gasteiger partial charge on any atom is 0.328 e. The molecule has 1 aliphatic rings. The van der Waals surface area contributed by atoms with Crippen molar-refractivity contribution in [3.63, 3.8) is 0 Å². The highest BCUT2D eigenvalue weighted by atomic mass is 35.5. The maximum atomic E-state index is 11.9. The van der Waals surface area contributed by atoms with E-state index in [2.05, 4.69) is 10.3 Å². The smallest absolute Gasteiger partial charge is 0.328 e. The van der Waals surface area contributed by atoms with Crippen molar-refractivity contribution in [1.29, 1.82) is 0 Å². The molecule has 1 aliphatic heterocycles. The largest absolute Gasteiger partial charge is 0.490 e. The predicted octanol–water partition coefficient (Wildman–Crippen LogP) is 1.68. The summed E-state index contributed by atoms with van der Waals surface area (Å²) in [5.41, 5.74) is 0.902. The van der Waals surface area contributed by atoms with E-state index in [9.17, 15) is 9.59 Å². The summed E-state index contributed by atoms with van der Waals surface area (Å²) in [7, 11) is 0. The molecule has 0 amide bonds. The number of halogens is 1. The maximum absolute atomic E-state index is 11.9. The number of aromatic amines is 1. The normalized spacial score (nSPS) is 15.4. The molecule has 1 fully saturated rings. The molecule has 0 radical (unpaired) electrons. The van der Waals surface area contributed by atoms with E-state index in [1.807, 2.05) is 19.1 Å². The molecule has 0 saturated carbocycles. The van der Waals surface area contributed by atoms with Crippen molar-refractivity contribution >= 4 is 11.6 Å². The zero-order valence-electron chi connectivity index (χ0n) is 13.5. The number of aryl methyl sites for hydroxylation is 1. The summed E-state index contributed by atoms with van der Waals surface area (Å²) in [6.07, 6.45) is 3.52. The molecule has 0 spiro atoms. The van der Waals surface area contributed by atoms with Crippen LogP contribution < -0.4 is 21.3 Å². The van der Waals surface area contributed by atoms with Gasteiger partial charge in [0.25, 0.3) is 5.56 Å². The van der Waals surface area contributed by atoms with E-state index in [4.69, 9.17) is 16.3 Å². The summed E-state index contributed by atoms with van der Waals surface area (Å²) in [5.74, 6) is 0.768. The summed E-state index contributed by atoms with van der Waals surface area (Å²) in [6, 6.07) is 4.99. The van der Waals surface area contributed by atoms with Crippen LogP contribution >= 0.6 is 11.6 Å². The van der Waals surface area contributed by atoms with Gasteiger partial charge in [-0.1, -0.05) is 11.6 Å². The van der Waals surface area contributed by atoms with Gasteiger partial charge in [-0.25, -0.2) is 4.79 Å². The molecule has 3 rings (SSSR count). The van der Waals surface area contributed by atoms with Gasteiger partial charge >= 0.3 is 5.69 Å². The van der Waals surface area contributed by atoms with Gasteiger partial charge in [0.2, 0.25) is 0 Å². The molecule has 1 aromatic heterocycles. The van der Waals surface area contributed by atoms with Crippen LogP contribution in [-0.2, 0) is 6.54 Å². The Balaban J connectivity index is 1.93. The Bertz CT molecular complexity index is 838. The van der Waals surface area contributed by atoms with Gasteiger partial charge < -0.3 is 10.1 Å². The van der Waals surface area contributed by atoms with Crippen LogP contribution in [0, 0.1) is 6.92 Å². The van der Waals surface area contributed by atoms with Crippen LogP contribution in [0.25, 0.3) is 0 Å². The molecular weight excluding hydrogens is 330 g/mol. The highest BCUT2D eigenvalue weighted by molar-refractivity contribution is 6.30. The van der Waals surface area contributed by atoms with Crippen LogP contribution in [-0.4, -0.2) is 28.7 Å². The molecule has 128 valence electrons. The number of benzene rings is 1. The number of H-pyrrole nitrogens is 1. The molecule has 24 heavy (non-hydrogen) atoms. The molecule has 0 atom stereocenters. The Morgan fingerprint density at radius 2 is 2.04 bits per heavy atom. The molecule has 2 N–H and O–H groups in total. The lowest BCUT2D eigenvalue weighted by Crippen LogP contribution is -2.34. The second kappa shape index (κ2) is 7.23. The third-order valence-electron chi connectivity index (χ3n) is 4.12. The molecule has 6 nitrogen and oxygen atoms in total. The lowest BCUT2D eigenvalue weighted by Gasteiger charge is -2.26. The van der Waals surface area contributed by atoms with Gasteiger partial charge in [0.05, 0.1) is 6.54 Å². The highest BCUT2D eigenvalue weighted by Gasteiger charge is 2.18. The van der Waals surface area contributed by atoms with Crippen LogP contribution in [0.3, 0.4) is 0 Å². The first kappa shape index (κ1) is 16.8. The molecule has 2 aromatic rings. The number of ether oxygens (including phenoxy) is 1. The van der Waals surface area contributed by atoms with Crippen molar-refractivity contribution in [2.24, 2.45) is 0 Å². The number of hydrogen-bond donors (Lipinski definition) is 2. The summed E-state index contributed by atoms with van der Waals surface area (Å²) in [6.45, 7) is 4.11. The number of hydrogen-bond acceptors (Lipinski definition) is 4. The molecule has 1 aromatic carbocycles. The van der Waals surface area contributed by atoms with Gasteiger partial charge in [-0.3, -0.25) is 14.3 Å². The van der Waals surface area contributed by atoms with Gasteiger partial charge in [-0.2, -0.15) is 0 Å². The van der Waals surface area contributed by atoms with E-state index in [0.717, 1.165) is 42.8 Å². The first-order chi connectivity index (χ1) is 11.5. The first-order valence-corrected chi connectivity index (χ1v) is 8.37. The summed E-state index contributed by atoms with van der Waals surface area (Å²) < 4.78 is 7.65. The molecule has 0 bridgehead atoms. The molecule has 7 heteroatoms. The highest BCUT2D eigenvalue weighted by Crippen LogP contribution is 2.30. The van der Waals surface area contributed by atoms with Crippen molar-refractivity contribution in [1.82, 2.24) is 14.9 Å². The molecule has 0 aliphatic carbocycles. The Kier molecular flexibility index (Phi) is 5.06. The zero-order chi connectivity index (χ0) is 17.1. The quantitative estimate of drug-likeness (QED) is 0.880. The minimum Gasteiger partial charge on any atom is -0.490 e. The van der Waals surface area contributed by atoms with Crippen molar-refractivity contribution < 1.29 is 4.74 Å². The minimum absolute atomic E-state index is 0.150. The van der Waals surface area contributed by atoms with Crippen LogP contribution in [0.5, 0.6) is 5.75 Å². The minimum atomic E-state index is -0.451. The fourth-order valence-electron chi connectivity index (χ4n) is 2.92. The fourth-order valence-corrected chi connectivity index (χ4v) is 3.21. The zero-order valence-corrected chi connectivity index (χ0v) is 14.2. The third-order valence-corrected chi connectivity index (χ3v) is 4.34. The van der Waals surface area contributed by atoms with E-state index in [1.165, 1.54) is 16.8 Å². The SMILES string of the molecule is Cc1cc(Cl)cc(Cn2ccc(=O)[nH]c2=O)c1OC1CCNCC1. The standard InChI is InChI=1S/C17H20ClN3O3/c1-11-8-13(18)9-12(10-21-7-4-15(22)20-17(21)23)16(11)24-14-2-5-19-6-3-14/h4,7-9,14,19H,2-3,5-6,10H2,1H3,(H,20,22,23). The summed E-state index contributed by atoms with van der Waals surface area (Å²) >= 11 is 6.19. The van der Waals surface area contributed by atoms with Gasteiger partial charge in [0.15, 0.2) is 0 Å². The van der Waals surface area contributed by atoms with E-state index in [0.29, 0.717) is 5.02 Å². The number of nitrogens with one attached hydrogen (secondary N) is 2. The second-order valence-electron chi connectivity index (χ2n) is 6.02. The third kappa shape index (κ3) is 3.88. The van der Waals surface area contributed by atoms with Gasteiger partial charge in [-0.15, -0.1) is 0 Å². The number of aromatic nitrogens is 2. The van der Waals surface area contributed by atoms with Gasteiger partial charge in [0.1, 0.15) is 11.9 Å². The summed E-state index contributed by atoms with van der Waals surface area (Å²) in [4.78, 5) is 25.4. The molecule has 2 heterocycles. The van der Waals surface area contributed by atoms with Crippen LogP contribution in [0.2, 0.25) is 5.02 Å². The number of piperidine rings is 1. The van der Waals surface area contributed by atoms with Gasteiger partial charge in [-0.05, 0) is 50.6 Å². The van der Waals surface area contributed by atoms with E-state index < -0.39 is 11.2 Å². The fraction of sp³-hybridized carbons (Fsp3) is 0.412. The Hall–Kier alpha value is -2.05. The van der Waals surface area contributed by atoms with E-state index in [-0.39, 0.29) is 12.6 Å². The van der Waals surface area contributed by atoms with E-state index >= 15 is 0 Å². The van der Waals surface area contributed by atoms with Crippen molar-refractivity contribution in [3.05, 3.63) is 61.4 Å². The number of rotatable bonds is 4. The summed E-state index contributed by atoms with van der Waals surface area (Å²) in [5, 5.41) is 3.91. The number of nitrogens with zero attached hydrogens (tertiary/aromatic N) is 1. The van der Waals surface area contributed by atoms with Crippen molar-refractivity contribution in [3.8, 4) is 5.75 Å².